The number of rotatable bonds is 4. The number of nitrogens with one attached hydrogen (secondary N) is 1. The summed E-state index contributed by atoms with van der Waals surface area (Å²) < 4.78 is 13.6. The standard InChI is InChI=1S/C23H27FN4OS/c1-23(2,3)22-26-17(14-30-22)12-20(29)28-10-5-4-9-19(28)21-25-13-18(27-21)15-7-6-8-16(24)11-15/h6-8,11,13-14,19H,4-5,9-10,12H2,1-3H3,(H,25,27)/t19-/m1/s1. The van der Waals surface area contributed by atoms with Crippen molar-refractivity contribution in [3.05, 3.63) is 58.2 Å². The number of carbonyl (C=O) groups excluding carboxylic acids is 1. The van der Waals surface area contributed by atoms with Gasteiger partial charge < -0.3 is 9.88 Å². The minimum Gasteiger partial charge on any atom is -0.340 e. The number of aromatic nitrogens is 3. The van der Waals surface area contributed by atoms with Gasteiger partial charge in [0.05, 0.1) is 35.1 Å². The van der Waals surface area contributed by atoms with Crippen LogP contribution in [0.25, 0.3) is 11.3 Å². The Kier molecular flexibility index (Phi) is 5.73. The van der Waals surface area contributed by atoms with Crippen molar-refractivity contribution in [2.24, 2.45) is 0 Å². The maximum Gasteiger partial charge on any atom is 0.229 e. The summed E-state index contributed by atoms with van der Waals surface area (Å²) in [6, 6.07) is 6.34. The molecule has 30 heavy (non-hydrogen) atoms. The minimum atomic E-state index is -0.281. The van der Waals surface area contributed by atoms with Gasteiger partial charge in [-0.3, -0.25) is 4.79 Å². The SMILES string of the molecule is CC(C)(C)c1nc(CC(=O)N2CCCC[C@@H]2c2ncc(-c3cccc(F)c3)[nH]2)cs1. The predicted octanol–water partition coefficient (Wildman–Crippen LogP) is 5.27. The number of hydrogen-bond donors (Lipinski definition) is 1. The second kappa shape index (κ2) is 8.30. The molecule has 0 spiro atoms. The topological polar surface area (TPSA) is 61.9 Å². The van der Waals surface area contributed by atoms with E-state index in [1.807, 2.05) is 16.3 Å². The number of imidazole rings is 1. The third-order valence-corrected chi connectivity index (χ3v) is 6.71. The molecular formula is C23H27FN4OS. The number of benzene rings is 1. The van der Waals surface area contributed by atoms with Crippen LogP contribution >= 0.6 is 11.3 Å². The number of H-pyrrole nitrogens is 1. The van der Waals surface area contributed by atoms with E-state index in [0.717, 1.165) is 53.6 Å². The van der Waals surface area contributed by atoms with E-state index in [4.69, 9.17) is 0 Å². The molecule has 1 amide bonds. The highest BCUT2D eigenvalue weighted by Gasteiger charge is 2.30. The van der Waals surface area contributed by atoms with E-state index >= 15 is 0 Å². The molecule has 0 unspecified atom stereocenters. The molecule has 0 bridgehead atoms. The molecular weight excluding hydrogens is 399 g/mol. The average molecular weight is 427 g/mol. The Morgan fingerprint density at radius 2 is 2.17 bits per heavy atom. The molecule has 1 N–H and O–H groups in total. The van der Waals surface area contributed by atoms with Crippen molar-refractivity contribution in [3.63, 3.8) is 0 Å². The van der Waals surface area contributed by atoms with Crippen molar-refractivity contribution in [2.45, 2.75) is 57.9 Å². The molecule has 1 aromatic carbocycles. The number of hydrogen-bond acceptors (Lipinski definition) is 4. The van der Waals surface area contributed by atoms with Gasteiger partial charge in [-0.15, -0.1) is 11.3 Å². The number of thiazole rings is 1. The van der Waals surface area contributed by atoms with Crippen LogP contribution in [-0.4, -0.2) is 32.3 Å². The van der Waals surface area contributed by atoms with Gasteiger partial charge in [-0.2, -0.15) is 0 Å². The number of aromatic amines is 1. The molecule has 0 aliphatic carbocycles. The molecule has 7 heteroatoms. The third kappa shape index (κ3) is 4.46. The van der Waals surface area contributed by atoms with Gasteiger partial charge in [0.15, 0.2) is 0 Å². The highest BCUT2D eigenvalue weighted by Crippen LogP contribution is 2.32. The number of amides is 1. The lowest BCUT2D eigenvalue weighted by Crippen LogP contribution is -2.39. The minimum absolute atomic E-state index is 0.0128. The molecule has 1 aliphatic rings. The summed E-state index contributed by atoms with van der Waals surface area (Å²) in [6.07, 6.45) is 4.93. The van der Waals surface area contributed by atoms with Crippen LogP contribution in [0, 0.1) is 5.82 Å². The molecule has 5 nitrogen and oxygen atoms in total. The van der Waals surface area contributed by atoms with Crippen LogP contribution in [0.2, 0.25) is 0 Å². The smallest absolute Gasteiger partial charge is 0.229 e. The van der Waals surface area contributed by atoms with Crippen LogP contribution in [0.1, 0.15) is 62.6 Å². The van der Waals surface area contributed by atoms with Crippen LogP contribution in [-0.2, 0) is 16.6 Å². The van der Waals surface area contributed by atoms with Gasteiger partial charge >= 0.3 is 0 Å². The number of halogens is 1. The maximum atomic E-state index is 13.6. The van der Waals surface area contributed by atoms with Gasteiger partial charge in [-0.05, 0) is 31.4 Å². The predicted molar refractivity (Wildman–Crippen MR) is 117 cm³/mol. The molecule has 1 fully saturated rings. The van der Waals surface area contributed by atoms with Crippen LogP contribution in [0.15, 0.2) is 35.8 Å². The zero-order valence-electron chi connectivity index (χ0n) is 17.6. The summed E-state index contributed by atoms with van der Waals surface area (Å²) in [6.45, 7) is 7.11. The third-order valence-electron chi connectivity index (χ3n) is 5.40. The molecule has 0 radical (unpaired) electrons. The van der Waals surface area contributed by atoms with E-state index < -0.39 is 0 Å². The van der Waals surface area contributed by atoms with E-state index in [-0.39, 0.29) is 23.2 Å². The summed E-state index contributed by atoms with van der Waals surface area (Å²) in [5.41, 5.74) is 2.33. The normalized spacial score (nSPS) is 17.3. The van der Waals surface area contributed by atoms with Gasteiger partial charge in [0.25, 0.3) is 0 Å². The van der Waals surface area contributed by atoms with Crippen molar-refractivity contribution in [1.82, 2.24) is 19.9 Å². The van der Waals surface area contributed by atoms with Crippen molar-refractivity contribution >= 4 is 17.2 Å². The van der Waals surface area contributed by atoms with E-state index in [0.29, 0.717) is 6.42 Å². The van der Waals surface area contributed by atoms with Gasteiger partial charge in [0, 0.05) is 22.9 Å². The lowest BCUT2D eigenvalue weighted by atomic mass is 9.98. The van der Waals surface area contributed by atoms with Crippen molar-refractivity contribution in [1.29, 1.82) is 0 Å². The average Bonchev–Trinajstić information content (AvgIpc) is 3.37. The fourth-order valence-electron chi connectivity index (χ4n) is 3.81. The first-order chi connectivity index (χ1) is 14.3. The van der Waals surface area contributed by atoms with E-state index in [1.54, 1.807) is 23.6 Å². The quantitative estimate of drug-likeness (QED) is 0.618. The van der Waals surface area contributed by atoms with Crippen LogP contribution in [0.4, 0.5) is 4.39 Å². The molecule has 1 saturated heterocycles. The number of piperidine rings is 1. The number of nitrogens with zero attached hydrogens (tertiary/aromatic N) is 3. The molecule has 3 aromatic rings. The van der Waals surface area contributed by atoms with Crippen LogP contribution < -0.4 is 0 Å². The van der Waals surface area contributed by atoms with Crippen molar-refractivity contribution in [2.75, 3.05) is 6.54 Å². The monoisotopic (exact) mass is 426 g/mol. The first-order valence-electron chi connectivity index (χ1n) is 10.4. The Labute approximate surface area is 180 Å². The molecule has 2 aromatic heterocycles. The summed E-state index contributed by atoms with van der Waals surface area (Å²) in [5.74, 6) is 0.557. The second-order valence-electron chi connectivity index (χ2n) is 8.86. The van der Waals surface area contributed by atoms with E-state index in [9.17, 15) is 9.18 Å². The zero-order chi connectivity index (χ0) is 21.3. The Morgan fingerprint density at radius 1 is 1.33 bits per heavy atom. The number of likely N-dealkylation sites (tertiary alicyclic amines) is 1. The molecule has 1 atom stereocenters. The highest BCUT2D eigenvalue weighted by atomic mass is 32.1. The Bertz CT molecular complexity index is 1040. The van der Waals surface area contributed by atoms with E-state index in [1.165, 1.54) is 12.1 Å². The molecule has 158 valence electrons. The van der Waals surface area contributed by atoms with Crippen LogP contribution in [0.5, 0.6) is 0 Å². The van der Waals surface area contributed by atoms with Crippen molar-refractivity contribution < 1.29 is 9.18 Å². The molecule has 4 rings (SSSR count). The Hall–Kier alpha value is -2.54. The molecule has 3 heterocycles. The fourth-order valence-corrected chi connectivity index (χ4v) is 4.72. The summed E-state index contributed by atoms with van der Waals surface area (Å²) in [7, 11) is 0. The lowest BCUT2D eigenvalue weighted by Gasteiger charge is -2.34. The van der Waals surface area contributed by atoms with Gasteiger partial charge in [0.1, 0.15) is 11.6 Å². The first-order valence-corrected chi connectivity index (χ1v) is 11.2. The van der Waals surface area contributed by atoms with Gasteiger partial charge in [-0.25, -0.2) is 14.4 Å². The first kappa shape index (κ1) is 20.7. The maximum absolute atomic E-state index is 13.6. The van der Waals surface area contributed by atoms with Gasteiger partial charge in [-0.1, -0.05) is 32.9 Å². The fraction of sp³-hybridized carbons (Fsp3) is 0.435. The number of carbonyl (C=O) groups is 1. The molecule has 1 aliphatic heterocycles. The summed E-state index contributed by atoms with van der Waals surface area (Å²) in [5, 5.41) is 3.04. The van der Waals surface area contributed by atoms with Crippen molar-refractivity contribution in [3.8, 4) is 11.3 Å². The second-order valence-corrected chi connectivity index (χ2v) is 9.72. The highest BCUT2D eigenvalue weighted by molar-refractivity contribution is 7.09. The molecule has 0 saturated carbocycles. The summed E-state index contributed by atoms with van der Waals surface area (Å²) >= 11 is 1.61. The van der Waals surface area contributed by atoms with E-state index in [2.05, 4.69) is 35.7 Å². The largest absolute Gasteiger partial charge is 0.340 e. The Balaban J connectivity index is 1.52. The summed E-state index contributed by atoms with van der Waals surface area (Å²) in [4.78, 5) is 27.6. The van der Waals surface area contributed by atoms with Gasteiger partial charge in [0.2, 0.25) is 5.91 Å². The lowest BCUT2D eigenvalue weighted by molar-refractivity contribution is -0.134. The Morgan fingerprint density at radius 3 is 2.90 bits per heavy atom. The van der Waals surface area contributed by atoms with Crippen LogP contribution in [0.3, 0.4) is 0 Å². The zero-order valence-corrected chi connectivity index (χ0v) is 18.4.